The molecule has 0 amide bonds. The molecule has 1 aromatic heterocycles. The monoisotopic (exact) mass is 323 g/mol. The number of hydrogen-bond donors (Lipinski definition) is 2. The van der Waals surface area contributed by atoms with E-state index < -0.39 is 5.97 Å². The van der Waals surface area contributed by atoms with Gasteiger partial charge in [-0.1, -0.05) is 18.2 Å². The largest absolute Gasteiger partial charge is 0.496 e. The average Bonchev–Trinajstić information content (AvgIpc) is 2.59. The van der Waals surface area contributed by atoms with Crippen LogP contribution in [0.3, 0.4) is 0 Å². The number of anilines is 1. The van der Waals surface area contributed by atoms with Crippen molar-refractivity contribution in [2.75, 3.05) is 12.4 Å². The summed E-state index contributed by atoms with van der Waals surface area (Å²) in [6, 6.07) is 11.0. The number of rotatable bonds is 5. The number of methoxy groups -OCH3 is 1. The van der Waals surface area contributed by atoms with Gasteiger partial charge in [0.15, 0.2) is 0 Å². The van der Waals surface area contributed by atoms with E-state index in [9.17, 15) is 9.90 Å². The smallest absolute Gasteiger partial charge is 0.337 e. The van der Waals surface area contributed by atoms with Gasteiger partial charge in [-0.25, -0.2) is 14.8 Å². The number of nitrogens with zero attached hydrogens (tertiary/aromatic N) is 2. The number of carboxylic acid groups (broad SMARTS) is 1. The molecule has 2 N–H and O–H groups in total. The van der Waals surface area contributed by atoms with Gasteiger partial charge >= 0.3 is 5.97 Å². The third kappa shape index (κ3) is 2.99. The molecular weight excluding hydrogens is 306 g/mol. The summed E-state index contributed by atoms with van der Waals surface area (Å²) in [7, 11) is 1.64. The highest BCUT2D eigenvalue weighted by Crippen LogP contribution is 2.25. The van der Waals surface area contributed by atoms with Crippen LogP contribution in [0.4, 0.5) is 5.82 Å². The molecule has 0 spiro atoms. The molecule has 2 aromatic carbocycles. The number of fused-ring (bicyclic) bond motifs is 1. The molecule has 3 rings (SSSR count). The predicted molar refractivity (Wildman–Crippen MR) is 91.6 cm³/mol. The minimum atomic E-state index is -1.01. The maximum Gasteiger partial charge on any atom is 0.337 e. The summed E-state index contributed by atoms with van der Waals surface area (Å²) < 4.78 is 5.40. The summed E-state index contributed by atoms with van der Waals surface area (Å²) in [5.74, 6) is 0.378. The van der Waals surface area contributed by atoms with Crippen LogP contribution in [0.5, 0.6) is 5.75 Å². The lowest BCUT2D eigenvalue weighted by Crippen LogP contribution is -2.06. The Kier molecular flexibility index (Phi) is 4.29. The molecule has 24 heavy (non-hydrogen) atoms. The number of ether oxygens (including phenoxy) is 1. The van der Waals surface area contributed by atoms with Gasteiger partial charge in [-0.15, -0.1) is 0 Å². The third-order valence-corrected chi connectivity index (χ3v) is 3.78. The maximum absolute atomic E-state index is 11.3. The van der Waals surface area contributed by atoms with Crippen molar-refractivity contribution >= 4 is 22.7 Å². The van der Waals surface area contributed by atoms with E-state index in [2.05, 4.69) is 15.3 Å². The number of aromatic carboxylic acids is 1. The van der Waals surface area contributed by atoms with Crippen LogP contribution in [0.1, 0.15) is 21.5 Å². The lowest BCUT2D eigenvalue weighted by molar-refractivity contribution is 0.0699. The molecule has 6 nitrogen and oxygen atoms in total. The van der Waals surface area contributed by atoms with Gasteiger partial charge in [-0.2, -0.15) is 0 Å². The second kappa shape index (κ2) is 6.54. The van der Waals surface area contributed by atoms with Gasteiger partial charge in [0, 0.05) is 17.5 Å². The van der Waals surface area contributed by atoms with Crippen molar-refractivity contribution in [1.82, 2.24) is 9.97 Å². The minimum Gasteiger partial charge on any atom is -0.496 e. The zero-order chi connectivity index (χ0) is 17.1. The van der Waals surface area contributed by atoms with Gasteiger partial charge in [0.05, 0.1) is 18.2 Å². The molecule has 0 fully saturated rings. The Morgan fingerprint density at radius 2 is 2.08 bits per heavy atom. The van der Waals surface area contributed by atoms with Gasteiger partial charge in [0.25, 0.3) is 0 Å². The Morgan fingerprint density at radius 1 is 1.25 bits per heavy atom. The molecule has 0 saturated carbocycles. The van der Waals surface area contributed by atoms with Crippen LogP contribution in [0.2, 0.25) is 0 Å². The molecule has 3 aromatic rings. The van der Waals surface area contributed by atoms with Crippen molar-refractivity contribution in [3.05, 3.63) is 59.4 Å². The van der Waals surface area contributed by atoms with E-state index in [1.807, 2.05) is 25.1 Å². The van der Waals surface area contributed by atoms with Crippen molar-refractivity contribution < 1.29 is 14.6 Å². The molecule has 0 saturated heterocycles. The van der Waals surface area contributed by atoms with Gasteiger partial charge in [-0.3, -0.25) is 0 Å². The highest BCUT2D eigenvalue weighted by molar-refractivity contribution is 6.04. The molecule has 0 radical (unpaired) electrons. The minimum absolute atomic E-state index is 0.158. The number of hydrogen-bond acceptors (Lipinski definition) is 5. The van der Waals surface area contributed by atoms with E-state index >= 15 is 0 Å². The fourth-order valence-electron chi connectivity index (χ4n) is 2.58. The topological polar surface area (TPSA) is 84.3 Å². The van der Waals surface area contributed by atoms with E-state index in [0.29, 0.717) is 23.3 Å². The Balaban J connectivity index is 1.94. The standard InChI is InChI=1S/C18H17N3O3/c1-11-6-7-12(15(8-11)24-2)9-19-17-13-4-3-5-14(18(22)23)16(13)20-10-21-17/h3-8,10H,9H2,1-2H3,(H,22,23)(H,19,20,21). The van der Waals surface area contributed by atoms with Crippen molar-refractivity contribution in [3.8, 4) is 5.75 Å². The first-order chi connectivity index (χ1) is 11.6. The summed E-state index contributed by atoms with van der Waals surface area (Å²) >= 11 is 0. The van der Waals surface area contributed by atoms with Gasteiger partial charge in [0.1, 0.15) is 17.9 Å². The van der Waals surface area contributed by atoms with Crippen molar-refractivity contribution in [2.45, 2.75) is 13.5 Å². The second-order valence-corrected chi connectivity index (χ2v) is 5.40. The number of benzene rings is 2. The maximum atomic E-state index is 11.3. The van der Waals surface area contributed by atoms with Crippen LogP contribution in [0, 0.1) is 6.92 Å². The normalized spacial score (nSPS) is 10.6. The number of aromatic nitrogens is 2. The highest BCUT2D eigenvalue weighted by atomic mass is 16.5. The molecule has 0 unspecified atom stereocenters. The molecule has 0 aliphatic carbocycles. The SMILES string of the molecule is COc1cc(C)ccc1CNc1ncnc2c(C(=O)O)cccc12. The Bertz CT molecular complexity index is 909. The van der Waals surface area contributed by atoms with Crippen LogP contribution in [-0.2, 0) is 6.54 Å². The molecule has 1 heterocycles. The van der Waals surface area contributed by atoms with Crippen LogP contribution in [0.25, 0.3) is 10.9 Å². The van der Waals surface area contributed by atoms with E-state index in [1.54, 1.807) is 19.2 Å². The third-order valence-electron chi connectivity index (χ3n) is 3.78. The van der Waals surface area contributed by atoms with Crippen LogP contribution in [0.15, 0.2) is 42.7 Å². The molecule has 0 atom stereocenters. The summed E-state index contributed by atoms with van der Waals surface area (Å²) in [4.78, 5) is 19.7. The fourth-order valence-corrected chi connectivity index (χ4v) is 2.58. The van der Waals surface area contributed by atoms with Crippen molar-refractivity contribution in [3.63, 3.8) is 0 Å². The van der Waals surface area contributed by atoms with Crippen LogP contribution in [-0.4, -0.2) is 28.2 Å². The number of nitrogens with one attached hydrogen (secondary N) is 1. The summed E-state index contributed by atoms with van der Waals surface area (Å²) in [5, 5.41) is 13.2. The Labute approximate surface area is 139 Å². The first-order valence-electron chi connectivity index (χ1n) is 7.44. The summed E-state index contributed by atoms with van der Waals surface area (Å²) in [5.41, 5.74) is 2.68. The van der Waals surface area contributed by atoms with Gasteiger partial charge in [-0.05, 0) is 30.7 Å². The Morgan fingerprint density at radius 3 is 2.83 bits per heavy atom. The average molecular weight is 323 g/mol. The fraction of sp³-hybridized carbons (Fsp3) is 0.167. The lowest BCUT2D eigenvalue weighted by Gasteiger charge is -2.12. The summed E-state index contributed by atoms with van der Waals surface area (Å²) in [6.45, 7) is 2.51. The van der Waals surface area contributed by atoms with E-state index in [1.165, 1.54) is 12.4 Å². The molecule has 0 aliphatic heterocycles. The van der Waals surface area contributed by atoms with Gasteiger partial charge in [0.2, 0.25) is 0 Å². The number of carboxylic acids is 1. The van der Waals surface area contributed by atoms with Crippen molar-refractivity contribution in [2.24, 2.45) is 0 Å². The van der Waals surface area contributed by atoms with E-state index in [0.717, 1.165) is 16.9 Å². The zero-order valence-corrected chi connectivity index (χ0v) is 13.4. The quantitative estimate of drug-likeness (QED) is 0.750. The summed E-state index contributed by atoms with van der Waals surface area (Å²) in [6.07, 6.45) is 1.36. The zero-order valence-electron chi connectivity index (χ0n) is 13.4. The van der Waals surface area contributed by atoms with Crippen LogP contribution < -0.4 is 10.1 Å². The number of aryl methyl sites for hydroxylation is 1. The molecule has 122 valence electrons. The Hall–Kier alpha value is -3.15. The molecule has 6 heteroatoms. The number of carbonyl (C=O) groups is 1. The van der Waals surface area contributed by atoms with Crippen molar-refractivity contribution in [1.29, 1.82) is 0 Å². The lowest BCUT2D eigenvalue weighted by atomic mass is 10.1. The van der Waals surface area contributed by atoms with E-state index in [4.69, 9.17) is 4.74 Å². The highest BCUT2D eigenvalue weighted by Gasteiger charge is 2.12. The van der Waals surface area contributed by atoms with Crippen LogP contribution >= 0.6 is 0 Å². The predicted octanol–water partition coefficient (Wildman–Crippen LogP) is 3.26. The van der Waals surface area contributed by atoms with E-state index in [-0.39, 0.29) is 5.56 Å². The second-order valence-electron chi connectivity index (χ2n) is 5.40. The first-order valence-corrected chi connectivity index (χ1v) is 7.44. The van der Waals surface area contributed by atoms with Gasteiger partial charge < -0.3 is 15.2 Å². The first kappa shape index (κ1) is 15.7. The molecule has 0 aliphatic rings. The molecule has 0 bridgehead atoms. The molecular formula is C18H17N3O3. The number of para-hydroxylation sites is 1.